The van der Waals surface area contributed by atoms with E-state index in [9.17, 15) is 9.59 Å². The molecule has 2 rings (SSSR count). The van der Waals surface area contributed by atoms with Gasteiger partial charge in [-0.25, -0.2) is 9.59 Å². The highest BCUT2D eigenvalue weighted by atomic mass is 32.1. The van der Waals surface area contributed by atoms with Gasteiger partial charge in [-0.3, -0.25) is 9.13 Å². The van der Waals surface area contributed by atoms with Crippen molar-refractivity contribution in [2.75, 3.05) is 0 Å². The number of aromatic nitrogens is 2. The van der Waals surface area contributed by atoms with Crippen LogP contribution in [0, 0.1) is 0 Å². The molecule has 20 heavy (non-hydrogen) atoms. The highest BCUT2D eigenvalue weighted by Gasteiger charge is 2.07. The average Bonchev–Trinajstić information content (AvgIpc) is 2.98. The van der Waals surface area contributed by atoms with Crippen LogP contribution in [-0.2, 0) is 17.9 Å². The zero-order valence-corrected chi connectivity index (χ0v) is 12.0. The van der Waals surface area contributed by atoms with E-state index in [0.717, 1.165) is 22.9 Å². The summed E-state index contributed by atoms with van der Waals surface area (Å²) in [7, 11) is 0. The average molecular weight is 292 g/mol. The standard InChI is InChI=1S/C14H16N2O3S/c1-2-6-15-7-8-16(14(15)19)10-12-11(5-9-20-12)3-4-13(17)18/h3-5,7-9H,2,6,10H2,1H3,(H,17,18)/b4-3+. The highest BCUT2D eigenvalue weighted by Crippen LogP contribution is 2.19. The Morgan fingerprint density at radius 3 is 2.85 bits per heavy atom. The Hall–Kier alpha value is -2.08. The molecule has 0 aliphatic rings. The van der Waals surface area contributed by atoms with Crippen LogP contribution in [0.5, 0.6) is 0 Å². The first kappa shape index (κ1) is 14.3. The molecule has 2 aromatic rings. The summed E-state index contributed by atoms with van der Waals surface area (Å²) in [5.41, 5.74) is 0.806. The number of hydrogen-bond acceptors (Lipinski definition) is 3. The maximum atomic E-state index is 12.1. The second-order valence-electron chi connectivity index (χ2n) is 4.37. The van der Waals surface area contributed by atoms with Crippen LogP contribution in [0.25, 0.3) is 6.08 Å². The van der Waals surface area contributed by atoms with Gasteiger partial charge in [-0.2, -0.15) is 0 Å². The van der Waals surface area contributed by atoms with E-state index in [1.807, 2.05) is 18.4 Å². The molecule has 0 unspecified atom stereocenters. The molecule has 0 amide bonds. The van der Waals surface area contributed by atoms with Crippen molar-refractivity contribution >= 4 is 23.4 Å². The van der Waals surface area contributed by atoms with Crippen molar-refractivity contribution in [1.29, 1.82) is 0 Å². The van der Waals surface area contributed by atoms with E-state index in [-0.39, 0.29) is 5.69 Å². The van der Waals surface area contributed by atoms with Crippen LogP contribution in [0.2, 0.25) is 0 Å². The van der Waals surface area contributed by atoms with E-state index in [2.05, 4.69) is 0 Å². The van der Waals surface area contributed by atoms with Gasteiger partial charge in [0, 0.05) is 29.9 Å². The summed E-state index contributed by atoms with van der Waals surface area (Å²) in [5, 5.41) is 10.6. The Morgan fingerprint density at radius 2 is 2.15 bits per heavy atom. The lowest BCUT2D eigenvalue weighted by atomic mass is 10.2. The lowest BCUT2D eigenvalue weighted by Crippen LogP contribution is -2.24. The number of rotatable bonds is 6. The van der Waals surface area contributed by atoms with Gasteiger partial charge in [0.2, 0.25) is 0 Å². The van der Waals surface area contributed by atoms with Gasteiger partial charge in [-0.05, 0) is 29.5 Å². The number of aliphatic carboxylic acids is 1. The van der Waals surface area contributed by atoms with Gasteiger partial charge in [0.1, 0.15) is 0 Å². The van der Waals surface area contributed by atoms with Gasteiger partial charge in [0.05, 0.1) is 6.54 Å². The van der Waals surface area contributed by atoms with Gasteiger partial charge in [0.15, 0.2) is 0 Å². The lowest BCUT2D eigenvalue weighted by Gasteiger charge is -2.01. The van der Waals surface area contributed by atoms with Crippen molar-refractivity contribution < 1.29 is 9.90 Å². The van der Waals surface area contributed by atoms with Crippen LogP contribution in [-0.4, -0.2) is 20.2 Å². The number of thiophene rings is 1. The monoisotopic (exact) mass is 292 g/mol. The molecule has 0 aliphatic carbocycles. The van der Waals surface area contributed by atoms with Gasteiger partial charge in [-0.1, -0.05) is 6.92 Å². The van der Waals surface area contributed by atoms with Crippen molar-refractivity contribution in [3.05, 3.63) is 50.8 Å². The zero-order valence-electron chi connectivity index (χ0n) is 11.2. The molecule has 2 aromatic heterocycles. The van der Waals surface area contributed by atoms with E-state index < -0.39 is 5.97 Å². The summed E-state index contributed by atoms with van der Waals surface area (Å²) in [6, 6.07) is 1.85. The van der Waals surface area contributed by atoms with Crippen LogP contribution in [0.3, 0.4) is 0 Å². The molecule has 0 saturated carbocycles. The summed E-state index contributed by atoms with van der Waals surface area (Å²) >= 11 is 1.51. The van der Waals surface area contributed by atoms with Crippen molar-refractivity contribution in [3.63, 3.8) is 0 Å². The number of imidazole rings is 1. The first-order valence-electron chi connectivity index (χ1n) is 6.34. The Bertz CT molecular complexity index is 679. The van der Waals surface area contributed by atoms with Crippen LogP contribution in [0.1, 0.15) is 23.8 Å². The number of aryl methyl sites for hydroxylation is 1. The predicted octanol–water partition coefficient (Wildman–Crippen LogP) is 2.27. The molecule has 0 bridgehead atoms. The van der Waals surface area contributed by atoms with Gasteiger partial charge in [0.25, 0.3) is 0 Å². The molecule has 106 valence electrons. The highest BCUT2D eigenvalue weighted by molar-refractivity contribution is 7.10. The normalized spacial score (nSPS) is 11.2. The van der Waals surface area contributed by atoms with Crippen molar-refractivity contribution in [3.8, 4) is 0 Å². The molecule has 6 heteroatoms. The van der Waals surface area contributed by atoms with Crippen molar-refractivity contribution in [1.82, 2.24) is 9.13 Å². The Kier molecular flexibility index (Phi) is 4.57. The van der Waals surface area contributed by atoms with E-state index in [1.54, 1.807) is 27.6 Å². The van der Waals surface area contributed by atoms with Crippen molar-refractivity contribution in [2.45, 2.75) is 26.4 Å². The quantitative estimate of drug-likeness (QED) is 0.831. The predicted molar refractivity (Wildman–Crippen MR) is 79.1 cm³/mol. The molecule has 0 aromatic carbocycles. The topological polar surface area (TPSA) is 64.2 Å². The molecular weight excluding hydrogens is 276 g/mol. The van der Waals surface area contributed by atoms with Crippen LogP contribution in [0.4, 0.5) is 0 Å². The fourth-order valence-corrected chi connectivity index (χ4v) is 2.79. The smallest absolute Gasteiger partial charge is 0.328 e. The second kappa shape index (κ2) is 6.38. The number of carbonyl (C=O) groups is 1. The third-order valence-corrected chi connectivity index (χ3v) is 3.80. The minimum absolute atomic E-state index is 0.0339. The van der Waals surface area contributed by atoms with Crippen LogP contribution >= 0.6 is 11.3 Å². The van der Waals surface area contributed by atoms with Gasteiger partial charge >= 0.3 is 11.7 Å². The summed E-state index contributed by atoms with van der Waals surface area (Å²) in [5.74, 6) is -0.978. The molecule has 5 nitrogen and oxygen atoms in total. The number of nitrogens with zero attached hydrogens (tertiary/aromatic N) is 2. The summed E-state index contributed by atoms with van der Waals surface area (Å²) in [6.07, 6.45) is 7.13. The maximum Gasteiger partial charge on any atom is 0.328 e. The fourth-order valence-electron chi connectivity index (χ4n) is 1.93. The lowest BCUT2D eigenvalue weighted by molar-refractivity contribution is -0.131. The van der Waals surface area contributed by atoms with E-state index >= 15 is 0 Å². The minimum atomic E-state index is -0.978. The molecule has 0 fully saturated rings. The first-order chi connectivity index (χ1) is 9.61. The SMILES string of the molecule is CCCn1ccn(Cc2sccc2/C=C/C(=O)O)c1=O. The summed E-state index contributed by atoms with van der Waals surface area (Å²) in [4.78, 5) is 23.6. The molecule has 0 aliphatic heterocycles. The molecular formula is C14H16N2O3S. The van der Waals surface area contributed by atoms with E-state index in [0.29, 0.717) is 13.1 Å². The molecule has 1 N–H and O–H groups in total. The Labute approximate surface area is 120 Å². The number of carboxylic acids is 1. The van der Waals surface area contributed by atoms with E-state index in [1.165, 1.54) is 11.3 Å². The molecule has 0 radical (unpaired) electrons. The molecule has 2 heterocycles. The Morgan fingerprint density at radius 1 is 1.40 bits per heavy atom. The Balaban J connectivity index is 2.21. The largest absolute Gasteiger partial charge is 0.478 e. The van der Waals surface area contributed by atoms with E-state index in [4.69, 9.17) is 5.11 Å². The zero-order chi connectivity index (χ0) is 14.5. The fraction of sp³-hybridized carbons (Fsp3) is 0.286. The number of carboxylic acid groups (broad SMARTS) is 1. The molecule has 0 atom stereocenters. The maximum absolute atomic E-state index is 12.1. The van der Waals surface area contributed by atoms with Crippen LogP contribution in [0.15, 0.2) is 34.7 Å². The molecule has 0 spiro atoms. The van der Waals surface area contributed by atoms with Crippen LogP contribution < -0.4 is 5.69 Å². The number of hydrogen-bond donors (Lipinski definition) is 1. The second-order valence-corrected chi connectivity index (χ2v) is 5.37. The van der Waals surface area contributed by atoms with Gasteiger partial charge in [-0.15, -0.1) is 11.3 Å². The summed E-state index contributed by atoms with van der Waals surface area (Å²) in [6.45, 7) is 3.20. The third-order valence-electron chi connectivity index (χ3n) is 2.88. The summed E-state index contributed by atoms with van der Waals surface area (Å²) < 4.78 is 3.32. The third kappa shape index (κ3) is 3.27. The molecule has 0 saturated heterocycles. The minimum Gasteiger partial charge on any atom is -0.478 e. The van der Waals surface area contributed by atoms with Gasteiger partial charge < -0.3 is 5.11 Å². The van der Waals surface area contributed by atoms with Crippen molar-refractivity contribution in [2.24, 2.45) is 0 Å². The first-order valence-corrected chi connectivity index (χ1v) is 7.22.